The lowest BCUT2D eigenvalue weighted by atomic mass is 9.94. The van der Waals surface area contributed by atoms with Crippen LogP contribution in [-0.2, 0) is 0 Å². The second-order valence-electron chi connectivity index (χ2n) is 4.74. The van der Waals surface area contributed by atoms with Crippen molar-refractivity contribution in [3.05, 3.63) is 18.0 Å². The summed E-state index contributed by atoms with van der Waals surface area (Å²) in [7, 11) is 0. The summed E-state index contributed by atoms with van der Waals surface area (Å²) in [5.74, 6) is 1.43. The van der Waals surface area contributed by atoms with Gasteiger partial charge < -0.3 is 10.6 Å². The van der Waals surface area contributed by atoms with Crippen LogP contribution in [0.3, 0.4) is 0 Å². The van der Waals surface area contributed by atoms with Gasteiger partial charge in [-0.05, 0) is 44.7 Å². The van der Waals surface area contributed by atoms with E-state index < -0.39 is 0 Å². The van der Waals surface area contributed by atoms with E-state index in [0.717, 1.165) is 24.6 Å². The Morgan fingerprint density at radius 2 is 2.06 bits per heavy atom. The van der Waals surface area contributed by atoms with Gasteiger partial charge in [0.15, 0.2) is 0 Å². The molecule has 1 aromatic heterocycles. The molecule has 2 rings (SSSR count). The van der Waals surface area contributed by atoms with Crippen LogP contribution in [0, 0.1) is 12.8 Å². The zero-order valence-electron chi connectivity index (χ0n) is 10.1. The third-order valence-electron chi connectivity index (χ3n) is 3.34. The largest absolute Gasteiger partial charge is 0.338 e. The highest BCUT2D eigenvalue weighted by molar-refractivity contribution is 5.32. The molecule has 2 N–H and O–H groups in total. The molecule has 0 radical (unpaired) electrons. The summed E-state index contributed by atoms with van der Waals surface area (Å²) < 4.78 is 0. The van der Waals surface area contributed by atoms with Gasteiger partial charge in [0, 0.05) is 25.0 Å². The number of aryl methyl sites for hydroxylation is 1. The van der Waals surface area contributed by atoms with Gasteiger partial charge in [-0.1, -0.05) is 0 Å². The highest BCUT2D eigenvalue weighted by Crippen LogP contribution is 2.24. The molecule has 1 aromatic rings. The molecule has 0 aliphatic carbocycles. The van der Waals surface area contributed by atoms with Gasteiger partial charge in [0.25, 0.3) is 0 Å². The maximum absolute atomic E-state index is 5.75. The van der Waals surface area contributed by atoms with Crippen LogP contribution in [0.4, 0.5) is 5.95 Å². The maximum atomic E-state index is 5.75. The topological polar surface area (TPSA) is 55.0 Å². The van der Waals surface area contributed by atoms with Crippen LogP contribution >= 0.6 is 0 Å². The van der Waals surface area contributed by atoms with Crippen molar-refractivity contribution in [2.45, 2.75) is 32.7 Å². The molecular formula is C12H20N4. The van der Waals surface area contributed by atoms with Crippen LogP contribution in [0.5, 0.6) is 0 Å². The second-order valence-corrected chi connectivity index (χ2v) is 4.74. The average Bonchev–Trinajstić information content (AvgIpc) is 2.31. The minimum Gasteiger partial charge on any atom is -0.338 e. The van der Waals surface area contributed by atoms with Gasteiger partial charge in [0.1, 0.15) is 0 Å². The maximum Gasteiger partial charge on any atom is 0.225 e. The monoisotopic (exact) mass is 220 g/mol. The predicted octanol–water partition coefficient (Wildman–Crippen LogP) is 1.35. The molecule has 2 atom stereocenters. The van der Waals surface area contributed by atoms with Crippen LogP contribution < -0.4 is 10.6 Å². The van der Waals surface area contributed by atoms with Crippen LogP contribution in [0.2, 0.25) is 0 Å². The number of hydrogen-bond donors (Lipinski definition) is 1. The number of piperidine rings is 1. The minimum absolute atomic E-state index is 0.519. The van der Waals surface area contributed by atoms with Crippen molar-refractivity contribution >= 4 is 5.95 Å². The number of hydrogen-bond acceptors (Lipinski definition) is 4. The summed E-state index contributed by atoms with van der Waals surface area (Å²) in [5, 5.41) is 0. The molecule has 0 amide bonds. The molecule has 0 saturated carbocycles. The van der Waals surface area contributed by atoms with Crippen LogP contribution in [-0.4, -0.2) is 29.1 Å². The number of aromatic nitrogens is 2. The highest BCUT2D eigenvalue weighted by Gasteiger charge is 2.26. The number of rotatable bonds is 2. The van der Waals surface area contributed by atoms with Gasteiger partial charge in [-0.3, -0.25) is 0 Å². The number of anilines is 1. The van der Waals surface area contributed by atoms with Gasteiger partial charge in [-0.15, -0.1) is 0 Å². The second kappa shape index (κ2) is 4.78. The highest BCUT2D eigenvalue weighted by atomic mass is 15.3. The minimum atomic E-state index is 0.519. The lowest BCUT2D eigenvalue weighted by Crippen LogP contribution is -2.44. The Bertz CT molecular complexity index is 335. The molecule has 2 heterocycles. The van der Waals surface area contributed by atoms with E-state index in [0.29, 0.717) is 12.0 Å². The fourth-order valence-corrected chi connectivity index (χ4v) is 2.19. The molecule has 1 aliphatic rings. The molecule has 0 aromatic carbocycles. The zero-order valence-corrected chi connectivity index (χ0v) is 10.1. The van der Waals surface area contributed by atoms with E-state index in [4.69, 9.17) is 5.73 Å². The molecule has 0 spiro atoms. The first-order valence-corrected chi connectivity index (χ1v) is 5.96. The summed E-state index contributed by atoms with van der Waals surface area (Å²) in [5.41, 5.74) is 6.85. The molecular weight excluding hydrogens is 200 g/mol. The summed E-state index contributed by atoms with van der Waals surface area (Å²) >= 11 is 0. The third kappa shape index (κ3) is 2.32. The summed E-state index contributed by atoms with van der Waals surface area (Å²) in [4.78, 5) is 11.1. The Hall–Kier alpha value is -1.16. The van der Waals surface area contributed by atoms with E-state index in [1.807, 2.05) is 19.3 Å². The van der Waals surface area contributed by atoms with Crippen molar-refractivity contribution in [3.63, 3.8) is 0 Å². The fraction of sp³-hybridized carbons (Fsp3) is 0.667. The van der Waals surface area contributed by atoms with Gasteiger partial charge in [-0.25, -0.2) is 9.97 Å². The smallest absolute Gasteiger partial charge is 0.225 e. The third-order valence-corrected chi connectivity index (χ3v) is 3.34. The molecule has 16 heavy (non-hydrogen) atoms. The molecule has 1 saturated heterocycles. The molecule has 1 aliphatic heterocycles. The number of nitrogens with zero attached hydrogens (tertiary/aromatic N) is 3. The van der Waals surface area contributed by atoms with E-state index in [9.17, 15) is 0 Å². The van der Waals surface area contributed by atoms with Crippen molar-refractivity contribution in [3.8, 4) is 0 Å². The molecule has 4 nitrogen and oxygen atoms in total. The first-order valence-electron chi connectivity index (χ1n) is 5.96. The SMILES string of the molecule is Cc1cnc(N2CC(CN)CCC2C)nc1. The molecule has 88 valence electrons. The van der Waals surface area contributed by atoms with Gasteiger partial charge >= 0.3 is 0 Å². The van der Waals surface area contributed by atoms with E-state index >= 15 is 0 Å². The standard InChI is InChI=1S/C12H20N4/c1-9-6-14-12(15-7-9)16-8-11(5-13)4-3-10(16)2/h6-7,10-11H,3-5,8,13H2,1-2H3. The van der Waals surface area contributed by atoms with Crippen molar-refractivity contribution in [1.82, 2.24) is 9.97 Å². The van der Waals surface area contributed by atoms with E-state index in [2.05, 4.69) is 21.8 Å². The first-order chi connectivity index (χ1) is 7.70. The van der Waals surface area contributed by atoms with Crippen molar-refractivity contribution in [2.75, 3.05) is 18.0 Å². The average molecular weight is 220 g/mol. The van der Waals surface area contributed by atoms with Crippen molar-refractivity contribution in [2.24, 2.45) is 11.7 Å². The summed E-state index contributed by atoms with van der Waals surface area (Å²) in [6.07, 6.45) is 6.15. The molecule has 4 heteroatoms. The summed E-state index contributed by atoms with van der Waals surface area (Å²) in [6, 6.07) is 0.519. The van der Waals surface area contributed by atoms with Gasteiger partial charge in [0.2, 0.25) is 5.95 Å². The first kappa shape index (κ1) is 11.3. The Balaban J connectivity index is 2.14. The van der Waals surface area contributed by atoms with Crippen molar-refractivity contribution < 1.29 is 0 Å². The quantitative estimate of drug-likeness (QED) is 0.817. The normalized spacial score (nSPS) is 25.8. The fourth-order valence-electron chi connectivity index (χ4n) is 2.19. The zero-order chi connectivity index (χ0) is 11.5. The molecule has 2 unspecified atom stereocenters. The number of nitrogens with two attached hydrogens (primary N) is 1. The van der Waals surface area contributed by atoms with Crippen LogP contribution in [0.25, 0.3) is 0 Å². The van der Waals surface area contributed by atoms with Gasteiger partial charge in [0.05, 0.1) is 0 Å². The Labute approximate surface area is 96.9 Å². The van der Waals surface area contributed by atoms with Gasteiger partial charge in [-0.2, -0.15) is 0 Å². The Morgan fingerprint density at radius 3 is 2.69 bits per heavy atom. The van der Waals surface area contributed by atoms with E-state index in [1.165, 1.54) is 12.8 Å². The van der Waals surface area contributed by atoms with Crippen LogP contribution in [0.15, 0.2) is 12.4 Å². The van der Waals surface area contributed by atoms with E-state index in [-0.39, 0.29) is 0 Å². The summed E-state index contributed by atoms with van der Waals surface area (Å²) in [6.45, 7) is 5.98. The molecule has 0 bridgehead atoms. The lowest BCUT2D eigenvalue weighted by Gasteiger charge is -2.37. The van der Waals surface area contributed by atoms with E-state index in [1.54, 1.807) is 0 Å². The Morgan fingerprint density at radius 1 is 1.38 bits per heavy atom. The molecule has 1 fully saturated rings. The lowest BCUT2D eigenvalue weighted by molar-refractivity contribution is 0.369. The predicted molar refractivity (Wildman–Crippen MR) is 65.4 cm³/mol. The van der Waals surface area contributed by atoms with Crippen molar-refractivity contribution in [1.29, 1.82) is 0 Å². The Kier molecular flexibility index (Phi) is 3.39. The van der Waals surface area contributed by atoms with Crippen LogP contribution in [0.1, 0.15) is 25.3 Å².